The summed E-state index contributed by atoms with van der Waals surface area (Å²) in [6.45, 7) is 6.22. The molecule has 0 saturated heterocycles. The molecule has 0 bridgehead atoms. The van der Waals surface area contributed by atoms with E-state index in [-0.39, 0.29) is 29.1 Å². The first-order chi connectivity index (χ1) is 10.5. The van der Waals surface area contributed by atoms with Crippen LogP contribution in [0.3, 0.4) is 0 Å². The Morgan fingerprint density at radius 3 is 2.36 bits per heavy atom. The Balaban J connectivity index is 2.19. The molecule has 1 aromatic heterocycles. The fraction of sp³-hybridized carbons (Fsp3) is 0.353. The molecule has 0 spiro atoms. The van der Waals surface area contributed by atoms with Gasteiger partial charge in [-0.2, -0.15) is 5.10 Å². The number of carbonyl (C=O) groups is 1. The highest BCUT2D eigenvalue weighted by Crippen LogP contribution is 2.22. The second-order valence-corrected chi connectivity index (χ2v) is 5.60. The van der Waals surface area contributed by atoms with Crippen molar-refractivity contribution in [2.75, 3.05) is 0 Å². The Bertz CT molecular complexity index is 669. The second kappa shape index (κ2) is 7.02. The minimum atomic E-state index is -0.327. The molecule has 0 saturated carbocycles. The van der Waals surface area contributed by atoms with Crippen molar-refractivity contribution >= 4 is 5.91 Å². The average molecular weight is 299 g/mol. The predicted octanol–water partition coefficient (Wildman–Crippen LogP) is 2.46. The molecule has 5 heteroatoms. The highest BCUT2D eigenvalue weighted by atomic mass is 16.2. The molecule has 0 aliphatic carbocycles. The number of rotatable bonds is 5. The lowest BCUT2D eigenvalue weighted by Gasteiger charge is -2.23. The number of nitrogens with one attached hydrogen (secondary N) is 2. The van der Waals surface area contributed by atoms with Crippen LogP contribution in [-0.2, 0) is 6.42 Å². The van der Waals surface area contributed by atoms with Crippen molar-refractivity contribution in [3.63, 3.8) is 0 Å². The smallest absolute Gasteiger partial charge is 0.272 e. The average Bonchev–Trinajstić information content (AvgIpc) is 2.53. The van der Waals surface area contributed by atoms with E-state index in [2.05, 4.69) is 48.4 Å². The molecule has 1 heterocycles. The molecule has 0 radical (unpaired) electrons. The molecule has 22 heavy (non-hydrogen) atoms. The standard InChI is InChI=1S/C17H21N3O2/c1-4-12-5-7-13(8-6-12)16(11(2)3)18-17(22)14-9-10-15(21)20-19-14/h5-11,16H,4H2,1-3H3,(H,18,22)(H,20,21)/t16-/m0/s1. The molecule has 116 valence electrons. The minimum Gasteiger partial charge on any atom is -0.344 e. The number of hydrogen-bond acceptors (Lipinski definition) is 3. The van der Waals surface area contributed by atoms with Crippen molar-refractivity contribution < 1.29 is 4.79 Å². The first kappa shape index (κ1) is 15.9. The molecule has 2 rings (SSSR count). The molecule has 1 atom stereocenters. The van der Waals surface area contributed by atoms with E-state index in [0.717, 1.165) is 12.0 Å². The number of carbonyl (C=O) groups excluding carboxylic acids is 1. The maximum Gasteiger partial charge on any atom is 0.272 e. The first-order valence-corrected chi connectivity index (χ1v) is 7.46. The van der Waals surface area contributed by atoms with Gasteiger partial charge in [0.25, 0.3) is 11.5 Å². The zero-order valence-corrected chi connectivity index (χ0v) is 13.1. The summed E-state index contributed by atoms with van der Waals surface area (Å²) in [6.07, 6.45) is 0.986. The van der Waals surface area contributed by atoms with Gasteiger partial charge in [-0.25, -0.2) is 5.10 Å². The molecule has 1 aromatic carbocycles. The van der Waals surface area contributed by atoms with Gasteiger partial charge in [0, 0.05) is 6.07 Å². The third kappa shape index (κ3) is 3.81. The summed E-state index contributed by atoms with van der Waals surface area (Å²) in [5, 5.41) is 9.02. The van der Waals surface area contributed by atoms with Gasteiger partial charge < -0.3 is 5.32 Å². The number of H-pyrrole nitrogens is 1. The highest BCUT2D eigenvalue weighted by Gasteiger charge is 2.19. The minimum absolute atomic E-state index is 0.105. The van der Waals surface area contributed by atoms with Gasteiger partial charge >= 0.3 is 0 Å². The van der Waals surface area contributed by atoms with Crippen LogP contribution in [0.25, 0.3) is 0 Å². The van der Waals surface area contributed by atoms with E-state index < -0.39 is 0 Å². The molecule has 2 aromatic rings. The van der Waals surface area contributed by atoms with E-state index >= 15 is 0 Å². The Hall–Kier alpha value is -2.43. The molecule has 0 unspecified atom stereocenters. The number of hydrogen-bond donors (Lipinski definition) is 2. The largest absolute Gasteiger partial charge is 0.344 e. The Morgan fingerprint density at radius 2 is 1.86 bits per heavy atom. The fourth-order valence-corrected chi connectivity index (χ4v) is 2.28. The molecule has 5 nitrogen and oxygen atoms in total. The molecule has 0 fully saturated rings. The highest BCUT2D eigenvalue weighted by molar-refractivity contribution is 5.92. The Labute approximate surface area is 129 Å². The van der Waals surface area contributed by atoms with Crippen LogP contribution < -0.4 is 10.9 Å². The molecular formula is C17H21N3O2. The van der Waals surface area contributed by atoms with Crippen LogP contribution in [0.15, 0.2) is 41.2 Å². The zero-order valence-electron chi connectivity index (χ0n) is 13.1. The number of amides is 1. The van der Waals surface area contributed by atoms with Crippen molar-refractivity contribution in [2.24, 2.45) is 5.92 Å². The van der Waals surface area contributed by atoms with Crippen LogP contribution >= 0.6 is 0 Å². The van der Waals surface area contributed by atoms with Gasteiger partial charge in [0.2, 0.25) is 0 Å². The molecule has 0 aliphatic heterocycles. The third-order valence-corrected chi connectivity index (χ3v) is 3.61. The SMILES string of the molecule is CCc1ccc([C@@H](NC(=O)c2ccc(=O)[nH]n2)C(C)C)cc1. The lowest BCUT2D eigenvalue weighted by atomic mass is 9.94. The summed E-state index contributed by atoms with van der Waals surface area (Å²) >= 11 is 0. The van der Waals surface area contributed by atoms with Crippen molar-refractivity contribution in [3.05, 3.63) is 63.6 Å². The second-order valence-electron chi connectivity index (χ2n) is 5.60. The van der Waals surface area contributed by atoms with Gasteiger partial charge in [-0.1, -0.05) is 45.0 Å². The van der Waals surface area contributed by atoms with Crippen LogP contribution in [0.2, 0.25) is 0 Å². The molecular weight excluding hydrogens is 278 g/mol. The van der Waals surface area contributed by atoms with Crippen LogP contribution in [0.5, 0.6) is 0 Å². The maximum absolute atomic E-state index is 12.3. The van der Waals surface area contributed by atoms with Gasteiger partial charge in [-0.3, -0.25) is 9.59 Å². The lowest BCUT2D eigenvalue weighted by molar-refractivity contribution is 0.0919. The van der Waals surface area contributed by atoms with Gasteiger partial charge in [0.1, 0.15) is 5.69 Å². The molecule has 0 aliphatic rings. The van der Waals surface area contributed by atoms with Crippen LogP contribution in [0, 0.1) is 5.92 Å². The van der Waals surface area contributed by atoms with E-state index in [1.165, 1.54) is 17.7 Å². The zero-order chi connectivity index (χ0) is 16.1. The molecule has 1 amide bonds. The van der Waals surface area contributed by atoms with Gasteiger partial charge in [0.15, 0.2) is 0 Å². The third-order valence-electron chi connectivity index (χ3n) is 3.61. The van der Waals surface area contributed by atoms with E-state index in [1.54, 1.807) is 0 Å². The number of aromatic nitrogens is 2. The van der Waals surface area contributed by atoms with Crippen molar-refractivity contribution in [3.8, 4) is 0 Å². The number of aromatic amines is 1. The number of benzene rings is 1. The van der Waals surface area contributed by atoms with Gasteiger partial charge in [-0.05, 0) is 29.5 Å². The summed E-state index contributed by atoms with van der Waals surface area (Å²) in [5.41, 5.74) is 2.20. The summed E-state index contributed by atoms with van der Waals surface area (Å²) < 4.78 is 0. The summed E-state index contributed by atoms with van der Waals surface area (Å²) in [7, 11) is 0. The monoisotopic (exact) mass is 299 g/mol. The van der Waals surface area contributed by atoms with Crippen LogP contribution in [0.4, 0.5) is 0 Å². The quantitative estimate of drug-likeness (QED) is 0.890. The lowest BCUT2D eigenvalue weighted by Crippen LogP contribution is -2.32. The van der Waals surface area contributed by atoms with Gasteiger partial charge in [0.05, 0.1) is 6.04 Å². The predicted molar refractivity (Wildman–Crippen MR) is 85.7 cm³/mol. The summed E-state index contributed by atoms with van der Waals surface area (Å²) in [6, 6.07) is 10.9. The maximum atomic E-state index is 12.3. The first-order valence-electron chi connectivity index (χ1n) is 7.46. The Kier molecular flexibility index (Phi) is 5.09. The van der Waals surface area contributed by atoms with Gasteiger partial charge in [-0.15, -0.1) is 0 Å². The van der Waals surface area contributed by atoms with Crippen molar-refractivity contribution in [2.45, 2.75) is 33.2 Å². The van der Waals surface area contributed by atoms with E-state index in [0.29, 0.717) is 0 Å². The van der Waals surface area contributed by atoms with Crippen molar-refractivity contribution in [1.29, 1.82) is 0 Å². The Morgan fingerprint density at radius 1 is 1.18 bits per heavy atom. The normalized spacial score (nSPS) is 12.2. The fourth-order valence-electron chi connectivity index (χ4n) is 2.28. The van der Waals surface area contributed by atoms with E-state index in [9.17, 15) is 9.59 Å². The van der Waals surface area contributed by atoms with Crippen LogP contribution in [-0.4, -0.2) is 16.1 Å². The topological polar surface area (TPSA) is 74.8 Å². The van der Waals surface area contributed by atoms with E-state index in [1.807, 2.05) is 12.1 Å². The summed E-state index contributed by atoms with van der Waals surface area (Å²) in [4.78, 5) is 23.3. The van der Waals surface area contributed by atoms with E-state index in [4.69, 9.17) is 0 Å². The van der Waals surface area contributed by atoms with Crippen LogP contribution in [0.1, 0.15) is 48.4 Å². The number of aryl methyl sites for hydroxylation is 1. The summed E-state index contributed by atoms with van der Waals surface area (Å²) in [5.74, 6) is -0.0614. The van der Waals surface area contributed by atoms with Crippen molar-refractivity contribution in [1.82, 2.24) is 15.5 Å². The number of nitrogens with zero attached hydrogens (tertiary/aromatic N) is 1. The molecule has 2 N–H and O–H groups in total.